The number of fused-ring (bicyclic) bond motifs is 2. The first-order chi connectivity index (χ1) is 20.0. The van der Waals surface area contributed by atoms with Gasteiger partial charge in [0, 0.05) is 60.4 Å². The summed E-state index contributed by atoms with van der Waals surface area (Å²) in [6.45, 7) is 10.2. The van der Waals surface area contributed by atoms with Crippen LogP contribution in [0.4, 0.5) is 11.4 Å². The summed E-state index contributed by atoms with van der Waals surface area (Å²) in [6, 6.07) is 14.9. The summed E-state index contributed by atoms with van der Waals surface area (Å²) in [4.78, 5) is 19.5. The van der Waals surface area contributed by atoms with E-state index >= 15 is 0 Å². The summed E-state index contributed by atoms with van der Waals surface area (Å²) in [5.41, 5.74) is 3.32. The standard InChI is InChI=1S/C33H45N3O4S/c1-3-4-8-25(2)33(38)40-24-36-30-23-27(13-11-26(30)12-14-32(36)37)39-21-6-5-16-34-17-19-35(20-18-34)29-9-7-10-31-28(29)15-22-41-31/h7,9-11,13,15,22-23,25,33,38H,3-6,8,12,14,16-21,24H2,1-2H3. The topological polar surface area (TPSA) is 65.5 Å². The molecule has 1 saturated heterocycles. The molecule has 0 radical (unpaired) electrons. The molecule has 0 bridgehead atoms. The molecular formula is C33H45N3O4S. The van der Waals surface area contributed by atoms with E-state index in [2.05, 4.69) is 52.4 Å². The first kappa shape index (κ1) is 29.8. The minimum Gasteiger partial charge on any atom is -0.494 e. The highest BCUT2D eigenvalue weighted by molar-refractivity contribution is 7.17. The number of amides is 1. The van der Waals surface area contributed by atoms with Crippen molar-refractivity contribution in [2.75, 3.05) is 55.9 Å². The fourth-order valence-electron chi connectivity index (χ4n) is 5.83. The van der Waals surface area contributed by atoms with Crippen LogP contribution < -0.4 is 14.5 Å². The van der Waals surface area contributed by atoms with Crippen molar-refractivity contribution in [2.24, 2.45) is 5.92 Å². The van der Waals surface area contributed by atoms with E-state index in [4.69, 9.17) is 9.47 Å². The molecular weight excluding hydrogens is 534 g/mol. The number of ether oxygens (including phenoxy) is 2. The highest BCUT2D eigenvalue weighted by Crippen LogP contribution is 2.33. The molecule has 3 aromatic rings. The number of aliphatic hydroxyl groups is 1. The highest BCUT2D eigenvalue weighted by atomic mass is 32.1. The molecule has 1 fully saturated rings. The number of unbranched alkanes of at least 4 members (excludes halogenated alkanes) is 2. The molecule has 5 rings (SSSR count). The Hall–Kier alpha value is -2.65. The van der Waals surface area contributed by atoms with Crippen molar-refractivity contribution in [3.8, 4) is 5.75 Å². The van der Waals surface area contributed by atoms with Crippen molar-refractivity contribution in [3.63, 3.8) is 0 Å². The minimum atomic E-state index is -0.877. The van der Waals surface area contributed by atoms with Crippen molar-refractivity contribution >= 4 is 38.7 Å². The van der Waals surface area contributed by atoms with E-state index in [9.17, 15) is 9.90 Å². The molecule has 1 N–H and O–H groups in total. The molecule has 0 spiro atoms. The van der Waals surface area contributed by atoms with Gasteiger partial charge in [-0.2, -0.15) is 0 Å². The Labute approximate surface area is 248 Å². The molecule has 2 aliphatic heterocycles. The average molecular weight is 580 g/mol. The van der Waals surface area contributed by atoms with Gasteiger partial charge in [-0.05, 0) is 67.4 Å². The van der Waals surface area contributed by atoms with Crippen LogP contribution in [0.25, 0.3) is 10.1 Å². The van der Waals surface area contributed by atoms with Crippen LogP contribution in [0.3, 0.4) is 0 Å². The van der Waals surface area contributed by atoms with Gasteiger partial charge >= 0.3 is 0 Å². The number of carbonyl (C=O) groups is 1. The van der Waals surface area contributed by atoms with Crippen LogP contribution in [-0.4, -0.2) is 68.3 Å². The lowest BCUT2D eigenvalue weighted by Gasteiger charge is -2.36. The molecule has 41 heavy (non-hydrogen) atoms. The van der Waals surface area contributed by atoms with E-state index in [1.54, 1.807) is 4.90 Å². The van der Waals surface area contributed by atoms with Crippen LogP contribution in [0.5, 0.6) is 5.75 Å². The van der Waals surface area contributed by atoms with Gasteiger partial charge in [-0.25, -0.2) is 0 Å². The number of hydrogen-bond donors (Lipinski definition) is 1. The Bertz CT molecular complexity index is 1270. The lowest BCUT2D eigenvalue weighted by Crippen LogP contribution is -2.46. The zero-order valence-corrected chi connectivity index (χ0v) is 25.4. The predicted molar refractivity (Wildman–Crippen MR) is 168 cm³/mol. The van der Waals surface area contributed by atoms with Gasteiger partial charge < -0.3 is 19.5 Å². The minimum absolute atomic E-state index is 0.0233. The number of aliphatic hydroxyl groups excluding tert-OH is 1. The Balaban J connectivity index is 1.05. The number of piperazine rings is 1. The number of thiophene rings is 1. The Kier molecular flexibility index (Phi) is 10.5. The van der Waals surface area contributed by atoms with E-state index in [1.807, 2.05) is 30.4 Å². The lowest BCUT2D eigenvalue weighted by atomic mass is 10.0. The van der Waals surface area contributed by atoms with Crippen molar-refractivity contribution in [1.82, 2.24) is 4.90 Å². The van der Waals surface area contributed by atoms with Gasteiger partial charge in [0.15, 0.2) is 6.29 Å². The molecule has 0 saturated carbocycles. The number of rotatable bonds is 14. The van der Waals surface area contributed by atoms with E-state index in [0.29, 0.717) is 13.0 Å². The number of hydrogen-bond acceptors (Lipinski definition) is 7. The van der Waals surface area contributed by atoms with E-state index < -0.39 is 6.29 Å². The van der Waals surface area contributed by atoms with Gasteiger partial charge in [-0.3, -0.25) is 14.6 Å². The second-order valence-electron chi connectivity index (χ2n) is 11.4. The molecule has 0 aliphatic carbocycles. The van der Waals surface area contributed by atoms with E-state index in [0.717, 1.165) is 88.2 Å². The Morgan fingerprint density at radius 3 is 2.68 bits per heavy atom. The third-order valence-corrected chi connectivity index (χ3v) is 9.34. The van der Waals surface area contributed by atoms with Crippen LogP contribution in [0.15, 0.2) is 47.8 Å². The summed E-state index contributed by atoms with van der Waals surface area (Å²) >= 11 is 1.81. The molecule has 2 aromatic carbocycles. The Morgan fingerprint density at radius 2 is 1.85 bits per heavy atom. The highest BCUT2D eigenvalue weighted by Gasteiger charge is 2.26. The number of anilines is 2. The van der Waals surface area contributed by atoms with Crippen molar-refractivity contribution in [1.29, 1.82) is 0 Å². The lowest BCUT2D eigenvalue weighted by molar-refractivity contribution is -0.138. The third kappa shape index (κ3) is 7.60. The van der Waals surface area contributed by atoms with Crippen LogP contribution >= 0.6 is 11.3 Å². The average Bonchev–Trinajstić information content (AvgIpc) is 3.49. The van der Waals surface area contributed by atoms with Crippen molar-refractivity contribution < 1.29 is 19.4 Å². The van der Waals surface area contributed by atoms with Crippen molar-refractivity contribution in [2.45, 2.75) is 65.1 Å². The van der Waals surface area contributed by atoms with Crippen LogP contribution in [0.2, 0.25) is 0 Å². The van der Waals surface area contributed by atoms with E-state index in [1.165, 1.54) is 15.8 Å². The molecule has 1 aromatic heterocycles. The molecule has 2 aliphatic rings. The molecule has 222 valence electrons. The summed E-state index contributed by atoms with van der Waals surface area (Å²) in [6.07, 6.45) is 5.42. The smallest absolute Gasteiger partial charge is 0.229 e. The second-order valence-corrected chi connectivity index (χ2v) is 12.4. The maximum Gasteiger partial charge on any atom is 0.229 e. The summed E-state index contributed by atoms with van der Waals surface area (Å²) in [5, 5.41) is 14.0. The number of nitrogens with zero attached hydrogens (tertiary/aromatic N) is 3. The van der Waals surface area contributed by atoms with Crippen LogP contribution in [0.1, 0.15) is 57.9 Å². The largest absolute Gasteiger partial charge is 0.494 e. The fourth-order valence-corrected chi connectivity index (χ4v) is 6.63. The monoisotopic (exact) mass is 579 g/mol. The first-order valence-corrected chi connectivity index (χ1v) is 16.2. The van der Waals surface area contributed by atoms with Gasteiger partial charge in [-0.1, -0.05) is 38.8 Å². The van der Waals surface area contributed by atoms with Gasteiger partial charge in [0.25, 0.3) is 0 Å². The summed E-state index contributed by atoms with van der Waals surface area (Å²) in [5.74, 6) is 0.834. The molecule has 2 unspecified atom stereocenters. The SMILES string of the molecule is CCCCC(C)C(O)OCN1C(=O)CCc2ccc(OCCCCN3CCN(c4cccc5sccc45)CC3)cc21. The summed E-state index contributed by atoms with van der Waals surface area (Å²) in [7, 11) is 0. The zero-order valence-electron chi connectivity index (χ0n) is 24.6. The molecule has 3 heterocycles. The molecule has 7 nitrogen and oxygen atoms in total. The van der Waals surface area contributed by atoms with Gasteiger partial charge in [-0.15, -0.1) is 11.3 Å². The Morgan fingerprint density at radius 1 is 1.00 bits per heavy atom. The first-order valence-electron chi connectivity index (χ1n) is 15.3. The van der Waals surface area contributed by atoms with Gasteiger partial charge in [0.05, 0.1) is 12.3 Å². The van der Waals surface area contributed by atoms with Gasteiger partial charge in [0.2, 0.25) is 5.91 Å². The normalized spacial score (nSPS) is 17.6. The fraction of sp³-hybridized carbons (Fsp3) is 0.545. The molecule has 8 heteroatoms. The van der Waals surface area contributed by atoms with Crippen LogP contribution in [-0.2, 0) is 16.0 Å². The van der Waals surface area contributed by atoms with Gasteiger partial charge in [0.1, 0.15) is 12.5 Å². The predicted octanol–water partition coefficient (Wildman–Crippen LogP) is 6.28. The number of aryl methyl sites for hydroxylation is 1. The third-order valence-electron chi connectivity index (χ3n) is 8.45. The zero-order chi connectivity index (χ0) is 28.6. The van der Waals surface area contributed by atoms with Crippen LogP contribution in [0, 0.1) is 5.92 Å². The molecule has 2 atom stereocenters. The van der Waals surface area contributed by atoms with Crippen molar-refractivity contribution in [3.05, 3.63) is 53.4 Å². The quantitative estimate of drug-likeness (QED) is 0.179. The molecule has 1 amide bonds. The maximum absolute atomic E-state index is 12.7. The summed E-state index contributed by atoms with van der Waals surface area (Å²) < 4.78 is 13.2. The van der Waals surface area contributed by atoms with E-state index in [-0.39, 0.29) is 18.6 Å². The maximum atomic E-state index is 12.7. The number of benzene rings is 2. The second kappa shape index (κ2) is 14.5. The number of carbonyl (C=O) groups excluding carboxylic acids is 1.